The van der Waals surface area contributed by atoms with Crippen molar-refractivity contribution in [3.05, 3.63) is 22.7 Å². The van der Waals surface area contributed by atoms with Crippen LogP contribution in [-0.4, -0.2) is 55.7 Å². The first-order valence-corrected chi connectivity index (χ1v) is 9.05. The number of amides is 2. The van der Waals surface area contributed by atoms with Crippen LogP contribution in [0, 0.1) is 6.92 Å². The highest BCUT2D eigenvalue weighted by molar-refractivity contribution is 6.31. The Morgan fingerprint density at radius 2 is 1.96 bits per heavy atom. The summed E-state index contributed by atoms with van der Waals surface area (Å²) in [5.74, 6) is 0.581. The maximum Gasteiger partial charge on any atom is 0.322 e. The molecule has 5 nitrogen and oxygen atoms in total. The van der Waals surface area contributed by atoms with Crippen LogP contribution >= 0.6 is 11.6 Å². The number of piperazine rings is 1. The van der Waals surface area contributed by atoms with Gasteiger partial charge < -0.3 is 15.0 Å². The number of halogens is 1. The van der Waals surface area contributed by atoms with Crippen molar-refractivity contribution in [1.29, 1.82) is 0 Å². The molecule has 1 aromatic rings. The maximum absolute atomic E-state index is 12.5. The van der Waals surface area contributed by atoms with Gasteiger partial charge in [-0.25, -0.2) is 4.79 Å². The number of unbranched alkanes of at least 4 members (excludes halogenated alkanes) is 2. The molecule has 0 unspecified atom stereocenters. The van der Waals surface area contributed by atoms with Gasteiger partial charge in [0.2, 0.25) is 0 Å². The molecule has 0 bridgehead atoms. The molecule has 1 aromatic carbocycles. The summed E-state index contributed by atoms with van der Waals surface area (Å²) in [6.45, 7) is 8.65. The van der Waals surface area contributed by atoms with Crippen LogP contribution < -0.4 is 10.1 Å². The highest BCUT2D eigenvalue weighted by atomic mass is 35.5. The van der Waals surface area contributed by atoms with Crippen LogP contribution in [0.25, 0.3) is 0 Å². The Morgan fingerprint density at radius 1 is 1.25 bits per heavy atom. The van der Waals surface area contributed by atoms with Crippen molar-refractivity contribution in [3.8, 4) is 5.75 Å². The molecule has 2 rings (SSSR count). The number of carbonyl (C=O) groups is 1. The van der Waals surface area contributed by atoms with Crippen molar-refractivity contribution in [2.45, 2.75) is 33.1 Å². The number of hydrogen-bond donors (Lipinski definition) is 1. The van der Waals surface area contributed by atoms with Crippen LogP contribution in [0.1, 0.15) is 31.7 Å². The number of ether oxygens (including phenoxy) is 1. The number of benzene rings is 1. The third-order valence-corrected chi connectivity index (χ3v) is 4.87. The van der Waals surface area contributed by atoms with Crippen molar-refractivity contribution < 1.29 is 9.53 Å². The van der Waals surface area contributed by atoms with E-state index in [1.807, 2.05) is 17.9 Å². The summed E-state index contributed by atoms with van der Waals surface area (Å²) < 4.78 is 5.32. The Kier molecular flexibility index (Phi) is 7.18. The molecule has 0 radical (unpaired) electrons. The van der Waals surface area contributed by atoms with Crippen LogP contribution in [0.3, 0.4) is 0 Å². The third-order valence-electron chi connectivity index (χ3n) is 4.46. The molecule has 6 heteroatoms. The Balaban J connectivity index is 1.89. The highest BCUT2D eigenvalue weighted by Gasteiger charge is 2.21. The lowest BCUT2D eigenvalue weighted by molar-refractivity contribution is 0.146. The van der Waals surface area contributed by atoms with Crippen LogP contribution in [0.4, 0.5) is 10.5 Å². The third kappa shape index (κ3) is 5.02. The summed E-state index contributed by atoms with van der Waals surface area (Å²) in [4.78, 5) is 16.8. The van der Waals surface area contributed by atoms with E-state index in [1.165, 1.54) is 19.3 Å². The van der Waals surface area contributed by atoms with Gasteiger partial charge in [0.25, 0.3) is 0 Å². The summed E-state index contributed by atoms with van der Waals surface area (Å²) in [6, 6.07) is 3.50. The van der Waals surface area contributed by atoms with Gasteiger partial charge in [-0.15, -0.1) is 0 Å². The van der Waals surface area contributed by atoms with E-state index in [2.05, 4.69) is 17.1 Å². The largest absolute Gasteiger partial charge is 0.495 e. The lowest BCUT2D eigenvalue weighted by Crippen LogP contribution is -2.50. The molecule has 1 fully saturated rings. The minimum Gasteiger partial charge on any atom is -0.495 e. The number of nitrogens with zero attached hydrogens (tertiary/aromatic N) is 2. The van der Waals surface area contributed by atoms with Crippen molar-refractivity contribution in [1.82, 2.24) is 9.80 Å². The van der Waals surface area contributed by atoms with E-state index in [0.29, 0.717) is 16.5 Å². The van der Waals surface area contributed by atoms with Crippen LogP contribution in [0.2, 0.25) is 5.02 Å². The van der Waals surface area contributed by atoms with Crippen molar-refractivity contribution in [3.63, 3.8) is 0 Å². The molecule has 0 aliphatic carbocycles. The summed E-state index contributed by atoms with van der Waals surface area (Å²) in [5, 5.41) is 3.58. The molecule has 134 valence electrons. The standard InChI is InChI=1S/C18H28ClN3O2/c1-4-5-6-7-21-8-10-22(11-9-21)18(23)20-16-12-14(2)15(19)13-17(16)24-3/h12-13H,4-11H2,1-3H3,(H,20,23). The molecule has 2 amide bonds. The minimum atomic E-state index is -0.0803. The SMILES string of the molecule is CCCCCN1CCN(C(=O)Nc2cc(C)c(Cl)cc2OC)CC1. The van der Waals surface area contributed by atoms with Gasteiger partial charge >= 0.3 is 6.03 Å². The summed E-state index contributed by atoms with van der Waals surface area (Å²) in [6.07, 6.45) is 3.76. The fraction of sp³-hybridized carbons (Fsp3) is 0.611. The Hall–Kier alpha value is -1.46. The summed E-state index contributed by atoms with van der Waals surface area (Å²) >= 11 is 6.11. The summed E-state index contributed by atoms with van der Waals surface area (Å²) in [7, 11) is 1.58. The van der Waals surface area contributed by atoms with Gasteiger partial charge in [-0.3, -0.25) is 4.90 Å². The highest BCUT2D eigenvalue weighted by Crippen LogP contribution is 2.31. The summed E-state index contributed by atoms with van der Waals surface area (Å²) in [5.41, 5.74) is 1.57. The first-order chi connectivity index (χ1) is 11.5. The molecule has 0 saturated carbocycles. The number of methoxy groups -OCH3 is 1. The number of carbonyl (C=O) groups excluding carboxylic acids is 1. The molecule has 1 saturated heterocycles. The zero-order valence-electron chi connectivity index (χ0n) is 14.9. The Bertz CT molecular complexity index is 557. The number of rotatable bonds is 6. The average Bonchev–Trinajstić information content (AvgIpc) is 2.58. The molecule has 0 atom stereocenters. The van der Waals surface area contributed by atoms with E-state index < -0.39 is 0 Å². The Morgan fingerprint density at radius 3 is 2.58 bits per heavy atom. The van der Waals surface area contributed by atoms with E-state index in [1.54, 1.807) is 13.2 Å². The predicted octanol–water partition coefficient (Wildman–Crippen LogP) is 4.00. The van der Waals surface area contributed by atoms with Gasteiger partial charge in [0.1, 0.15) is 5.75 Å². The first-order valence-electron chi connectivity index (χ1n) is 8.67. The molecule has 1 N–H and O–H groups in total. The van der Waals surface area contributed by atoms with Gasteiger partial charge in [0, 0.05) is 37.3 Å². The first kappa shape index (κ1) is 18.9. The molecule has 1 aliphatic heterocycles. The van der Waals surface area contributed by atoms with Crippen LogP contribution in [-0.2, 0) is 0 Å². The lowest BCUT2D eigenvalue weighted by Gasteiger charge is -2.34. The zero-order chi connectivity index (χ0) is 17.5. The number of urea groups is 1. The second-order valence-electron chi connectivity index (χ2n) is 6.27. The fourth-order valence-electron chi connectivity index (χ4n) is 2.88. The minimum absolute atomic E-state index is 0.0803. The maximum atomic E-state index is 12.5. The number of anilines is 1. The van der Waals surface area contributed by atoms with Crippen LogP contribution in [0.5, 0.6) is 5.75 Å². The second-order valence-corrected chi connectivity index (χ2v) is 6.67. The number of nitrogens with one attached hydrogen (secondary N) is 1. The van der Waals surface area contributed by atoms with Gasteiger partial charge in [0.05, 0.1) is 12.8 Å². The second kappa shape index (κ2) is 9.14. The smallest absolute Gasteiger partial charge is 0.322 e. The van der Waals surface area contributed by atoms with E-state index in [9.17, 15) is 4.79 Å². The quantitative estimate of drug-likeness (QED) is 0.786. The molecular formula is C18H28ClN3O2. The molecule has 0 aromatic heterocycles. The van der Waals surface area contributed by atoms with E-state index in [4.69, 9.17) is 16.3 Å². The van der Waals surface area contributed by atoms with Gasteiger partial charge in [0.15, 0.2) is 0 Å². The van der Waals surface area contributed by atoms with Crippen molar-refractivity contribution >= 4 is 23.3 Å². The lowest BCUT2D eigenvalue weighted by atomic mass is 10.2. The monoisotopic (exact) mass is 353 g/mol. The Labute approximate surface area is 149 Å². The number of hydrogen-bond acceptors (Lipinski definition) is 3. The van der Waals surface area contributed by atoms with E-state index >= 15 is 0 Å². The zero-order valence-corrected chi connectivity index (χ0v) is 15.7. The van der Waals surface area contributed by atoms with Gasteiger partial charge in [-0.2, -0.15) is 0 Å². The molecular weight excluding hydrogens is 326 g/mol. The van der Waals surface area contributed by atoms with Crippen molar-refractivity contribution in [2.24, 2.45) is 0 Å². The fourth-order valence-corrected chi connectivity index (χ4v) is 3.04. The normalized spacial score (nSPS) is 15.4. The molecule has 0 spiro atoms. The average molecular weight is 354 g/mol. The van der Waals surface area contributed by atoms with E-state index in [0.717, 1.165) is 38.3 Å². The molecule has 1 heterocycles. The molecule has 1 aliphatic rings. The van der Waals surface area contributed by atoms with Crippen molar-refractivity contribution in [2.75, 3.05) is 45.2 Å². The number of aryl methyl sites for hydroxylation is 1. The van der Waals surface area contributed by atoms with Gasteiger partial charge in [-0.1, -0.05) is 31.4 Å². The van der Waals surface area contributed by atoms with Gasteiger partial charge in [-0.05, 0) is 31.5 Å². The topological polar surface area (TPSA) is 44.8 Å². The predicted molar refractivity (Wildman–Crippen MR) is 99.3 cm³/mol. The van der Waals surface area contributed by atoms with E-state index in [-0.39, 0.29) is 6.03 Å². The van der Waals surface area contributed by atoms with Crippen LogP contribution in [0.15, 0.2) is 12.1 Å². The molecule has 24 heavy (non-hydrogen) atoms.